The van der Waals surface area contributed by atoms with Gasteiger partial charge < -0.3 is 0 Å². The van der Waals surface area contributed by atoms with Gasteiger partial charge in [-0.2, -0.15) is 0 Å². The number of allylic oxidation sites excluding steroid dienone is 1. The second-order valence-corrected chi connectivity index (χ2v) is 5.08. The number of imidazole rings is 1. The minimum Gasteiger partial charge on any atom is -0.288 e. The summed E-state index contributed by atoms with van der Waals surface area (Å²) in [4.78, 5) is 17.3. The van der Waals surface area contributed by atoms with Crippen molar-refractivity contribution < 1.29 is 4.79 Å². The topological polar surface area (TPSA) is 34.4 Å². The summed E-state index contributed by atoms with van der Waals surface area (Å²) in [5, 5.41) is 2.00. The normalized spacial score (nSPS) is 11.4. The van der Waals surface area contributed by atoms with E-state index in [0.29, 0.717) is 5.69 Å². The molecule has 0 aliphatic heterocycles. The van der Waals surface area contributed by atoms with Crippen LogP contribution in [0.5, 0.6) is 0 Å². The average Bonchev–Trinajstić information content (AvgIpc) is 3.01. The fraction of sp³-hybridized carbons (Fsp3) is 0.0667. The quantitative estimate of drug-likeness (QED) is 0.537. The van der Waals surface area contributed by atoms with Crippen molar-refractivity contribution >= 4 is 28.2 Å². The molecule has 0 saturated carbocycles. The second-order valence-electron chi connectivity index (χ2n) is 4.25. The summed E-state index contributed by atoms with van der Waals surface area (Å²) in [5.41, 5.74) is 2.66. The summed E-state index contributed by atoms with van der Waals surface area (Å²) in [7, 11) is 0. The lowest BCUT2D eigenvalue weighted by Gasteiger charge is -1.96. The molecule has 2 heterocycles. The first-order valence-electron chi connectivity index (χ1n) is 5.95. The first-order chi connectivity index (χ1) is 9.25. The van der Waals surface area contributed by atoms with Gasteiger partial charge in [-0.1, -0.05) is 36.4 Å². The van der Waals surface area contributed by atoms with E-state index in [1.165, 1.54) is 0 Å². The molecule has 0 bridgehead atoms. The highest BCUT2D eigenvalue weighted by atomic mass is 32.1. The molecule has 2 aromatic heterocycles. The Hall–Kier alpha value is -2.20. The van der Waals surface area contributed by atoms with Crippen molar-refractivity contribution in [3.8, 4) is 0 Å². The zero-order valence-electron chi connectivity index (χ0n) is 10.4. The van der Waals surface area contributed by atoms with Crippen LogP contribution in [0.15, 0.2) is 48.0 Å². The third-order valence-corrected chi connectivity index (χ3v) is 3.85. The highest BCUT2D eigenvalue weighted by molar-refractivity contribution is 7.15. The number of aromatic nitrogens is 2. The van der Waals surface area contributed by atoms with Gasteiger partial charge in [0.05, 0.1) is 6.20 Å². The molecule has 0 spiro atoms. The summed E-state index contributed by atoms with van der Waals surface area (Å²) in [6, 6.07) is 9.78. The Morgan fingerprint density at radius 3 is 2.89 bits per heavy atom. The highest BCUT2D eigenvalue weighted by Gasteiger charge is 2.12. The minimum absolute atomic E-state index is 0.0298. The molecule has 0 aliphatic rings. The van der Waals surface area contributed by atoms with E-state index in [1.54, 1.807) is 23.6 Å². The molecule has 19 heavy (non-hydrogen) atoms. The van der Waals surface area contributed by atoms with Gasteiger partial charge in [0.25, 0.3) is 0 Å². The fourth-order valence-corrected chi connectivity index (χ4v) is 2.79. The van der Waals surface area contributed by atoms with Gasteiger partial charge in [-0.3, -0.25) is 9.20 Å². The van der Waals surface area contributed by atoms with Crippen LogP contribution in [0.1, 0.15) is 21.7 Å². The molecule has 0 aliphatic carbocycles. The number of thiazole rings is 1. The summed E-state index contributed by atoms with van der Waals surface area (Å²) in [6.07, 6.45) is 5.05. The van der Waals surface area contributed by atoms with Gasteiger partial charge in [0.2, 0.25) is 5.78 Å². The second kappa shape index (κ2) is 4.82. The van der Waals surface area contributed by atoms with Crippen LogP contribution in [0.25, 0.3) is 11.0 Å². The largest absolute Gasteiger partial charge is 0.288 e. The molecule has 3 nitrogen and oxygen atoms in total. The molecule has 0 fully saturated rings. The number of aryl methyl sites for hydroxylation is 1. The number of fused-ring (bicyclic) bond motifs is 1. The van der Waals surface area contributed by atoms with E-state index in [0.717, 1.165) is 16.2 Å². The number of hydrogen-bond acceptors (Lipinski definition) is 3. The van der Waals surface area contributed by atoms with Crippen LogP contribution in [0.3, 0.4) is 0 Å². The number of benzene rings is 1. The monoisotopic (exact) mass is 268 g/mol. The van der Waals surface area contributed by atoms with Crippen LogP contribution >= 0.6 is 11.3 Å². The van der Waals surface area contributed by atoms with Gasteiger partial charge in [0.15, 0.2) is 4.96 Å². The lowest BCUT2D eigenvalue weighted by atomic mass is 10.2. The molecule has 3 aromatic rings. The Morgan fingerprint density at radius 1 is 1.32 bits per heavy atom. The summed E-state index contributed by atoms with van der Waals surface area (Å²) in [6.45, 7) is 1.98. The van der Waals surface area contributed by atoms with Crippen LogP contribution in [0, 0.1) is 6.92 Å². The smallest absolute Gasteiger partial charge is 0.204 e. The summed E-state index contributed by atoms with van der Waals surface area (Å²) >= 11 is 1.54. The highest BCUT2D eigenvalue weighted by Crippen LogP contribution is 2.18. The Kier molecular flexibility index (Phi) is 3.01. The lowest BCUT2D eigenvalue weighted by molar-refractivity contribution is 0.104. The third-order valence-electron chi connectivity index (χ3n) is 2.90. The number of hydrogen-bond donors (Lipinski definition) is 0. The predicted octanol–water partition coefficient (Wildman–Crippen LogP) is 3.60. The van der Waals surface area contributed by atoms with Gasteiger partial charge in [-0.25, -0.2) is 4.98 Å². The summed E-state index contributed by atoms with van der Waals surface area (Å²) < 4.78 is 1.89. The molecule has 94 valence electrons. The van der Waals surface area contributed by atoms with Gasteiger partial charge in [0, 0.05) is 11.1 Å². The van der Waals surface area contributed by atoms with E-state index in [9.17, 15) is 4.79 Å². The van der Waals surface area contributed by atoms with Gasteiger partial charge in [0.1, 0.15) is 5.69 Å². The lowest BCUT2D eigenvalue weighted by Crippen LogP contribution is -2.00. The van der Waals surface area contributed by atoms with Crippen molar-refractivity contribution in [3.05, 3.63) is 64.9 Å². The van der Waals surface area contributed by atoms with Crippen molar-refractivity contribution in [3.63, 3.8) is 0 Å². The number of rotatable bonds is 3. The Labute approximate surface area is 114 Å². The van der Waals surface area contributed by atoms with Crippen molar-refractivity contribution in [1.29, 1.82) is 0 Å². The van der Waals surface area contributed by atoms with Gasteiger partial charge in [-0.15, -0.1) is 11.3 Å². The maximum absolute atomic E-state index is 12.2. The van der Waals surface area contributed by atoms with Crippen LogP contribution < -0.4 is 0 Å². The molecule has 0 unspecified atom stereocenters. The van der Waals surface area contributed by atoms with E-state index < -0.39 is 0 Å². The molecule has 1 aromatic carbocycles. The van der Waals surface area contributed by atoms with E-state index >= 15 is 0 Å². The molecule has 0 saturated heterocycles. The first-order valence-corrected chi connectivity index (χ1v) is 6.82. The number of carbonyl (C=O) groups is 1. The third kappa shape index (κ3) is 2.22. The molecular formula is C15H12N2OS. The molecule has 0 atom stereocenters. The molecule has 0 amide bonds. The first kappa shape index (κ1) is 11.9. The van der Waals surface area contributed by atoms with Gasteiger partial charge in [-0.05, 0) is 18.6 Å². The molecule has 3 rings (SSSR count). The Bertz CT molecular complexity index is 753. The average molecular weight is 268 g/mol. The zero-order chi connectivity index (χ0) is 13.2. The SMILES string of the molecule is Cc1csc2ncc(C(=O)/C=C/c3ccccc3)n12. The molecule has 4 heteroatoms. The molecular weight excluding hydrogens is 256 g/mol. The van der Waals surface area contributed by atoms with Crippen LogP contribution in [0.4, 0.5) is 0 Å². The number of carbonyl (C=O) groups excluding carboxylic acids is 1. The maximum Gasteiger partial charge on any atom is 0.204 e. The van der Waals surface area contributed by atoms with E-state index in [2.05, 4.69) is 4.98 Å². The van der Waals surface area contributed by atoms with Crippen LogP contribution in [-0.4, -0.2) is 15.2 Å². The molecule has 0 N–H and O–H groups in total. The Morgan fingerprint density at radius 2 is 2.11 bits per heavy atom. The van der Waals surface area contributed by atoms with Crippen molar-refractivity contribution in [1.82, 2.24) is 9.38 Å². The number of ketones is 1. The predicted molar refractivity (Wildman–Crippen MR) is 77.6 cm³/mol. The maximum atomic E-state index is 12.2. The minimum atomic E-state index is -0.0298. The van der Waals surface area contributed by atoms with E-state index in [1.807, 2.05) is 53.1 Å². The van der Waals surface area contributed by atoms with E-state index in [-0.39, 0.29) is 5.78 Å². The van der Waals surface area contributed by atoms with E-state index in [4.69, 9.17) is 0 Å². The van der Waals surface area contributed by atoms with Crippen molar-refractivity contribution in [2.45, 2.75) is 6.92 Å². The molecule has 0 radical (unpaired) electrons. The fourth-order valence-electron chi connectivity index (χ4n) is 1.94. The van der Waals surface area contributed by atoms with Crippen LogP contribution in [0.2, 0.25) is 0 Å². The summed E-state index contributed by atoms with van der Waals surface area (Å²) in [5.74, 6) is -0.0298. The number of nitrogens with zero attached hydrogens (tertiary/aromatic N) is 2. The van der Waals surface area contributed by atoms with Gasteiger partial charge >= 0.3 is 0 Å². The van der Waals surface area contributed by atoms with Crippen molar-refractivity contribution in [2.75, 3.05) is 0 Å². The zero-order valence-corrected chi connectivity index (χ0v) is 11.2. The van der Waals surface area contributed by atoms with Crippen molar-refractivity contribution in [2.24, 2.45) is 0 Å². The van der Waals surface area contributed by atoms with Crippen LogP contribution in [-0.2, 0) is 0 Å². The standard InChI is InChI=1S/C15H12N2OS/c1-11-10-19-15-16-9-13(17(11)15)14(18)8-7-12-5-3-2-4-6-12/h2-10H,1H3/b8-7+. The Balaban J connectivity index is 1.92.